The molecule has 30 heavy (non-hydrogen) atoms. The molecule has 2 atom stereocenters. The van der Waals surface area contributed by atoms with Crippen molar-refractivity contribution < 1.29 is 28.5 Å². The molecule has 0 N–H and O–H groups in total. The van der Waals surface area contributed by atoms with Crippen molar-refractivity contribution in [3.05, 3.63) is 59.7 Å². The minimum Gasteiger partial charge on any atom is -0.497 e. The Morgan fingerprint density at radius 1 is 1.00 bits per heavy atom. The fourth-order valence-corrected chi connectivity index (χ4v) is 3.89. The van der Waals surface area contributed by atoms with Gasteiger partial charge in [-0.25, -0.2) is 0 Å². The Labute approximate surface area is 176 Å². The van der Waals surface area contributed by atoms with Gasteiger partial charge in [-0.2, -0.15) is 0 Å². The molecule has 158 valence electrons. The Bertz CT molecular complexity index is 945. The molecule has 6 heteroatoms. The van der Waals surface area contributed by atoms with Gasteiger partial charge in [0, 0.05) is 11.5 Å². The van der Waals surface area contributed by atoms with Crippen LogP contribution in [0.4, 0.5) is 0 Å². The maximum Gasteiger partial charge on any atom is 0.317 e. The van der Waals surface area contributed by atoms with E-state index in [4.69, 9.17) is 18.9 Å². The molecule has 1 aliphatic rings. The fourth-order valence-electron chi connectivity index (χ4n) is 3.89. The normalized spacial score (nSPS) is 18.4. The van der Waals surface area contributed by atoms with Gasteiger partial charge in [-0.3, -0.25) is 9.59 Å². The quantitative estimate of drug-likeness (QED) is 0.507. The van der Waals surface area contributed by atoms with Gasteiger partial charge in [0.1, 0.15) is 11.7 Å². The number of para-hydroxylation sites is 1. The lowest BCUT2D eigenvalue weighted by Gasteiger charge is -2.30. The predicted octanol–water partition coefficient (Wildman–Crippen LogP) is 4.03. The molecule has 0 heterocycles. The number of methoxy groups -OCH3 is 3. The molecule has 0 spiro atoms. The minimum absolute atomic E-state index is 0.208. The maximum atomic E-state index is 13.1. The first-order valence-electron chi connectivity index (χ1n) is 9.80. The lowest BCUT2D eigenvalue weighted by molar-refractivity contribution is -0.151. The molecule has 0 radical (unpaired) electrons. The van der Waals surface area contributed by atoms with Crippen molar-refractivity contribution >= 4 is 17.3 Å². The van der Waals surface area contributed by atoms with Crippen molar-refractivity contribution in [2.45, 2.75) is 19.3 Å². The van der Waals surface area contributed by atoms with Crippen LogP contribution in [0.3, 0.4) is 0 Å². The van der Waals surface area contributed by atoms with E-state index in [1.807, 2.05) is 36.4 Å². The van der Waals surface area contributed by atoms with Crippen LogP contribution in [0.25, 0.3) is 5.57 Å². The zero-order chi connectivity index (χ0) is 21.7. The molecule has 0 saturated carbocycles. The van der Waals surface area contributed by atoms with Gasteiger partial charge < -0.3 is 18.9 Å². The van der Waals surface area contributed by atoms with Crippen LogP contribution in [0.5, 0.6) is 17.2 Å². The van der Waals surface area contributed by atoms with E-state index >= 15 is 0 Å². The highest BCUT2D eigenvalue weighted by atomic mass is 16.5. The molecule has 0 saturated heterocycles. The van der Waals surface area contributed by atoms with Crippen LogP contribution in [0.15, 0.2) is 48.5 Å². The molecule has 0 aromatic heterocycles. The molecule has 2 aromatic carbocycles. The summed E-state index contributed by atoms with van der Waals surface area (Å²) in [5.74, 6) is -0.384. The number of hydrogen-bond acceptors (Lipinski definition) is 6. The summed E-state index contributed by atoms with van der Waals surface area (Å²) in [6.45, 7) is 1.94. The third-order valence-corrected chi connectivity index (χ3v) is 5.30. The highest BCUT2D eigenvalue weighted by Gasteiger charge is 2.41. The number of benzene rings is 2. The SMILES string of the molecule is CCOC(=O)[C@H]1C(=O)C=C(c2ccc(OC)cc2)C[C@H]1c1cccc(OC)c1OC. The van der Waals surface area contributed by atoms with Crippen molar-refractivity contribution in [1.29, 1.82) is 0 Å². The lowest BCUT2D eigenvalue weighted by Crippen LogP contribution is -2.34. The second-order valence-electron chi connectivity index (χ2n) is 6.92. The van der Waals surface area contributed by atoms with Gasteiger partial charge in [0.2, 0.25) is 0 Å². The number of carbonyl (C=O) groups is 2. The fraction of sp³-hybridized carbons (Fsp3) is 0.333. The van der Waals surface area contributed by atoms with Crippen LogP contribution < -0.4 is 14.2 Å². The highest BCUT2D eigenvalue weighted by molar-refractivity contribution is 6.10. The summed E-state index contributed by atoms with van der Waals surface area (Å²) in [4.78, 5) is 25.8. The topological polar surface area (TPSA) is 71.1 Å². The Kier molecular flexibility index (Phi) is 6.77. The first-order chi connectivity index (χ1) is 14.5. The zero-order valence-electron chi connectivity index (χ0n) is 17.6. The van der Waals surface area contributed by atoms with Gasteiger partial charge in [-0.05, 0) is 48.8 Å². The molecular formula is C24H26O6. The summed E-state index contributed by atoms with van der Waals surface area (Å²) in [5, 5.41) is 0. The van der Waals surface area contributed by atoms with Crippen molar-refractivity contribution in [2.24, 2.45) is 5.92 Å². The molecular weight excluding hydrogens is 384 g/mol. The first-order valence-corrected chi connectivity index (χ1v) is 9.80. The van der Waals surface area contributed by atoms with E-state index in [0.29, 0.717) is 17.9 Å². The van der Waals surface area contributed by atoms with Crippen LogP contribution in [-0.4, -0.2) is 39.7 Å². The number of hydrogen-bond donors (Lipinski definition) is 0. The number of carbonyl (C=O) groups excluding carboxylic acids is 2. The second kappa shape index (κ2) is 9.48. The molecule has 0 aliphatic heterocycles. The monoisotopic (exact) mass is 410 g/mol. The van der Waals surface area contributed by atoms with Gasteiger partial charge in [0.25, 0.3) is 0 Å². The van der Waals surface area contributed by atoms with E-state index in [0.717, 1.165) is 22.4 Å². The zero-order valence-corrected chi connectivity index (χ0v) is 17.6. The van der Waals surface area contributed by atoms with E-state index in [2.05, 4.69) is 0 Å². The summed E-state index contributed by atoms with van der Waals surface area (Å²) >= 11 is 0. The van der Waals surface area contributed by atoms with Gasteiger partial charge in [0.05, 0.1) is 27.9 Å². The molecule has 0 unspecified atom stereocenters. The van der Waals surface area contributed by atoms with Crippen LogP contribution >= 0.6 is 0 Å². The van der Waals surface area contributed by atoms with Gasteiger partial charge >= 0.3 is 5.97 Å². The highest BCUT2D eigenvalue weighted by Crippen LogP contribution is 2.46. The van der Waals surface area contributed by atoms with Crippen molar-refractivity contribution in [3.63, 3.8) is 0 Å². The van der Waals surface area contributed by atoms with Crippen LogP contribution in [0.2, 0.25) is 0 Å². The number of esters is 1. The Morgan fingerprint density at radius 2 is 1.73 bits per heavy atom. The molecule has 0 amide bonds. The average molecular weight is 410 g/mol. The van der Waals surface area contributed by atoms with Crippen LogP contribution in [0.1, 0.15) is 30.4 Å². The van der Waals surface area contributed by atoms with Crippen LogP contribution in [0, 0.1) is 5.92 Å². The van der Waals surface area contributed by atoms with Gasteiger partial charge in [-0.15, -0.1) is 0 Å². The number of allylic oxidation sites excluding steroid dienone is 2. The molecule has 3 rings (SSSR count). The summed E-state index contributed by atoms with van der Waals surface area (Å²) in [6, 6.07) is 13.0. The minimum atomic E-state index is -0.937. The predicted molar refractivity (Wildman–Crippen MR) is 113 cm³/mol. The van der Waals surface area contributed by atoms with Gasteiger partial charge in [0.15, 0.2) is 17.3 Å². The van der Waals surface area contributed by atoms with E-state index < -0.39 is 17.8 Å². The summed E-state index contributed by atoms with van der Waals surface area (Å²) in [7, 11) is 4.71. The maximum absolute atomic E-state index is 13.1. The lowest BCUT2D eigenvalue weighted by atomic mass is 9.73. The third-order valence-electron chi connectivity index (χ3n) is 5.30. The third kappa shape index (κ3) is 4.17. The number of ether oxygens (including phenoxy) is 4. The smallest absolute Gasteiger partial charge is 0.317 e. The average Bonchev–Trinajstić information content (AvgIpc) is 2.77. The Hall–Kier alpha value is -3.28. The van der Waals surface area contributed by atoms with E-state index in [1.165, 1.54) is 0 Å². The Balaban J connectivity index is 2.09. The number of rotatable bonds is 7. The molecule has 0 bridgehead atoms. The molecule has 2 aromatic rings. The standard InChI is InChI=1S/C24H26O6/c1-5-30-24(26)22-19(18-7-6-8-21(28-3)23(18)29-4)13-16(14-20(22)25)15-9-11-17(27-2)12-10-15/h6-12,14,19,22H,5,13H2,1-4H3/t19-,22+/m0/s1. The summed E-state index contributed by atoms with van der Waals surface area (Å²) in [6.07, 6.45) is 2.03. The van der Waals surface area contributed by atoms with Gasteiger partial charge in [-0.1, -0.05) is 24.3 Å². The first kappa shape index (κ1) is 21.4. The molecule has 6 nitrogen and oxygen atoms in total. The van der Waals surface area contributed by atoms with E-state index in [-0.39, 0.29) is 12.4 Å². The van der Waals surface area contributed by atoms with E-state index in [9.17, 15) is 9.59 Å². The number of ketones is 1. The molecule has 0 fully saturated rings. The van der Waals surface area contributed by atoms with E-state index in [1.54, 1.807) is 40.4 Å². The molecule has 1 aliphatic carbocycles. The van der Waals surface area contributed by atoms with Crippen molar-refractivity contribution in [2.75, 3.05) is 27.9 Å². The van der Waals surface area contributed by atoms with Crippen molar-refractivity contribution in [1.82, 2.24) is 0 Å². The van der Waals surface area contributed by atoms with Crippen LogP contribution in [-0.2, 0) is 14.3 Å². The van der Waals surface area contributed by atoms with Crippen molar-refractivity contribution in [3.8, 4) is 17.2 Å². The largest absolute Gasteiger partial charge is 0.497 e. The summed E-state index contributed by atoms with van der Waals surface area (Å²) in [5.41, 5.74) is 2.48. The second-order valence-corrected chi connectivity index (χ2v) is 6.92. The summed E-state index contributed by atoms with van der Waals surface area (Å²) < 4.78 is 21.5. The Morgan fingerprint density at radius 3 is 2.33 bits per heavy atom.